The van der Waals surface area contributed by atoms with E-state index in [2.05, 4.69) is 0 Å². The molecule has 0 radical (unpaired) electrons. The number of benzene rings is 1. The molecule has 0 N–H and O–H groups in total. The van der Waals surface area contributed by atoms with Crippen LogP contribution in [0, 0.1) is 17.7 Å². The predicted octanol–water partition coefficient (Wildman–Crippen LogP) is 3.45. The zero-order valence-electron chi connectivity index (χ0n) is 10.2. The Hall–Kier alpha value is -1.38. The van der Waals surface area contributed by atoms with Crippen LogP contribution in [0.15, 0.2) is 18.2 Å². The van der Waals surface area contributed by atoms with Gasteiger partial charge in [-0.1, -0.05) is 13.8 Å². The zero-order chi connectivity index (χ0) is 12.4. The number of hydrogen-bond acceptors (Lipinski definition) is 2. The van der Waals surface area contributed by atoms with Crippen LogP contribution in [0.3, 0.4) is 0 Å². The van der Waals surface area contributed by atoms with Crippen molar-refractivity contribution < 1.29 is 13.9 Å². The molecule has 1 fully saturated rings. The van der Waals surface area contributed by atoms with Crippen molar-refractivity contribution in [2.45, 2.75) is 26.7 Å². The first-order valence-electron chi connectivity index (χ1n) is 6.04. The summed E-state index contributed by atoms with van der Waals surface area (Å²) in [5, 5.41) is 0. The topological polar surface area (TPSA) is 26.3 Å². The molecule has 2 nitrogen and oxygen atoms in total. The minimum absolute atomic E-state index is 0.133. The normalized spacial score (nSPS) is 15.1. The first-order chi connectivity index (χ1) is 8.08. The molecule has 1 aromatic carbocycles. The standard InChI is InChI=1S/C14H17FO2/c1-9(2)14(16)12-7-11(5-6-13(12)15)17-8-10-3-4-10/h5-7,9-10H,3-4,8H2,1-2H3. The van der Waals surface area contributed by atoms with E-state index in [9.17, 15) is 9.18 Å². The highest BCUT2D eigenvalue weighted by Gasteiger charge is 2.22. The van der Waals surface area contributed by atoms with Gasteiger partial charge in [0.25, 0.3) is 0 Å². The van der Waals surface area contributed by atoms with Gasteiger partial charge in [-0.25, -0.2) is 4.39 Å². The summed E-state index contributed by atoms with van der Waals surface area (Å²) in [6.07, 6.45) is 2.41. The minimum atomic E-state index is -0.470. The van der Waals surface area contributed by atoms with Crippen LogP contribution < -0.4 is 4.74 Å². The summed E-state index contributed by atoms with van der Waals surface area (Å²) in [5.41, 5.74) is 0.133. The predicted molar refractivity (Wildman–Crippen MR) is 63.8 cm³/mol. The molecule has 0 aromatic heterocycles. The molecule has 0 bridgehead atoms. The van der Waals surface area contributed by atoms with Crippen molar-refractivity contribution in [1.29, 1.82) is 0 Å². The Balaban J connectivity index is 2.12. The van der Waals surface area contributed by atoms with Gasteiger partial charge in [0.1, 0.15) is 11.6 Å². The van der Waals surface area contributed by atoms with Crippen molar-refractivity contribution in [3.63, 3.8) is 0 Å². The van der Waals surface area contributed by atoms with E-state index in [1.54, 1.807) is 19.9 Å². The molecule has 1 aliphatic rings. The Labute approximate surface area is 101 Å². The van der Waals surface area contributed by atoms with Crippen molar-refractivity contribution in [3.05, 3.63) is 29.6 Å². The highest BCUT2D eigenvalue weighted by atomic mass is 19.1. The van der Waals surface area contributed by atoms with E-state index in [1.807, 2.05) is 0 Å². The lowest BCUT2D eigenvalue weighted by Crippen LogP contribution is -2.10. The third kappa shape index (κ3) is 3.05. The maximum absolute atomic E-state index is 13.5. The Kier molecular flexibility index (Phi) is 3.46. The van der Waals surface area contributed by atoms with E-state index < -0.39 is 5.82 Å². The van der Waals surface area contributed by atoms with Crippen LogP contribution >= 0.6 is 0 Å². The van der Waals surface area contributed by atoms with E-state index in [0.29, 0.717) is 18.3 Å². The SMILES string of the molecule is CC(C)C(=O)c1cc(OCC2CC2)ccc1F. The first kappa shape index (κ1) is 12.1. The Bertz CT molecular complexity index is 422. The molecule has 0 heterocycles. The van der Waals surface area contributed by atoms with Gasteiger partial charge in [0.15, 0.2) is 5.78 Å². The van der Waals surface area contributed by atoms with Gasteiger partial charge in [0.05, 0.1) is 12.2 Å². The maximum atomic E-state index is 13.5. The number of carbonyl (C=O) groups is 1. The second-order valence-corrected chi connectivity index (χ2v) is 4.91. The van der Waals surface area contributed by atoms with Gasteiger partial charge in [-0.05, 0) is 37.0 Å². The number of rotatable bonds is 5. The molecule has 3 heteroatoms. The van der Waals surface area contributed by atoms with Gasteiger partial charge >= 0.3 is 0 Å². The monoisotopic (exact) mass is 236 g/mol. The smallest absolute Gasteiger partial charge is 0.168 e. The second kappa shape index (κ2) is 4.86. The van der Waals surface area contributed by atoms with Gasteiger partial charge in [0.2, 0.25) is 0 Å². The molecular weight excluding hydrogens is 219 g/mol. The maximum Gasteiger partial charge on any atom is 0.168 e. The Morgan fingerprint density at radius 1 is 1.47 bits per heavy atom. The van der Waals surface area contributed by atoms with Crippen LogP contribution in [-0.2, 0) is 0 Å². The summed E-state index contributed by atoms with van der Waals surface area (Å²) in [5.74, 6) is 0.372. The van der Waals surface area contributed by atoms with Crippen molar-refractivity contribution in [1.82, 2.24) is 0 Å². The van der Waals surface area contributed by atoms with E-state index >= 15 is 0 Å². The van der Waals surface area contributed by atoms with Crippen molar-refractivity contribution in [2.24, 2.45) is 11.8 Å². The molecule has 1 saturated carbocycles. The number of ether oxygens (including phenoxy) is 1. The molecule has 1 aliphatic carbocycles. The van der Waals surface area contributed by atoms with Crippen molar-refractivity contribution >= 4 is 5.78 Å². The quantitative estimate of drug-likeness (QED) is 0.732. The highest BCUT2D eigenvalue weighted by Crippen LogP contribution is 2.30. The molecule has 0 saturated heterocycles. The number of Topliss-reactive ketones (excluding diaryl/α,β-unsaturated/α-hetero) is 1. The van der Waals surface area contributed by atoms with Crippen LogP contribution in [-0.4, -0.2) is 12.4 Å². The van der Waals surface area contributed by atoms with Crippen LogP contribution in [0.1, 0.15) is 37.0 Å². The molecule has 0 spiro atoms. The lowest BCUT2D eigenvalue weighted by atomic mass is 10.0. The van der Waals surface area contributed by atoms with Crippen LogP contribution in [0.5, 0.6) is 5.75 Å². The molecule has 1 aromatic rings. The van der Waals surface area contributed by atoms with E-state index in [-0.39, 0.29) is 17.3 Å². The van der Waals surface area contributed by atoms with Gasteiger partial charge in [-0.15, -0.1) is 0 Å². The molecular formula is C14H17FO2. The fourth-order valence-electron chi connectivity index (χ4n) is 1.59. The number of carbonyl (C=O) groups excluding carboxylic acids is 1. The zero-order valence-corrected chi connectivity index (χ0v) is 10.2. The summed E-state index contributed by atoms with van der Waals surface area (Å²) < 4.78 is 19.1. The van der Waals surface area contributed by atoms with Gasteiger partial charge in [-0.2, -0.15) is 0 Å². The summed E-state index contributed by atoms with van der Waals surface area (Å²) in [6, 6.07) is 4.40. The summed E-state index contributed by atoms with van der Waals surface area (Å²) in [4.78, 5) is 11.8. The van der Waals surface area contributed by atoms with E-state index in [0.717, 1.165) is 0 Å². The summed E-state index contributed by atoms with van der Waals surface area (Å²) in [6.45, 7) is 4.19. The summed E-state index contributed by atoms with van der Waals surface area (Å²) >= 11 is 0. The molecule has 0 aliphatic heterocycles. The largest absolute Gasteiger partial charge is 0.493 e. The van der Waals surface area contributed by atoms with Crippen LogP contribution in [0.2, 0.25) is 0 Å². The molecule has 92 valence electrons. The van der Waals surface area contributed by atoms with E-state index in [1.165, 1.54) is 25.0 Å². The summed E-state index contributed by atoms with van der Waals surface area (Å²) in [7, 11) is 0. The van der Waals surface area contributed by atoms with Crippen LogP contribution in [0.4, 0.5) is 4.39 Å². The molecule has 0 amide bonds. The third-order valence-electron chi connectivity index (χ3n) is 2.91. The fourth-order valence-corrected chi connectivity index (χ4v) is 1.59. The van der Waals surface area contributed by atoms with Gasteiger partial charge in [0, 0.05) is 5.92 Å². The molecule has 0 atom stereocenters. The number of halogens is 1. The number of ketones is 1. The van der Waals surface area contributed by atoms with Gasteiger partial charge < -0.3 is 4.74 Å². The minimum Gasteiger partial charge on any atom is -0.493 e. The Morgan fingerprint density at radius 3 is 2.76 bits per heavy atom. The molecule has 17 heavy (non-hydrogen) atoms. The molecule has 0 unspecified atom stereocenters. The molecule has 2 rings (SSSR count). The lowest BCUT2D eigenvalue weighted by Gasteiger charge is -2.09. The van der Waals surface area contributed by atoms with Crippen molar-refractivity contribution in [3.8, 4) is 5.75 Å². The second-order valence-electron chi connectivity index (χ2n) is 4.91. The lowest BCUT2D eigenvalue weighted by molar-refractivity contribution is 0.0934. The number of hydrogen-bond donors (Lipinski definition) is 0. The van der Waals surface area contributed by atoms with Gasteiger partial charge in [-0.3, -0.25) is 4.79 Å². The highest BCUT2D eigenvalue weighted by molar-refractivity contribution is 5.98. The fraction of sp³-hybridized carbons (Fsp3) is 0.500. The van der Waals surface area contributed by atoms with Crippen LogP contribution in [0.25, 0.3) is 0 Å². The average Bonchev–Trinajstić information content (AvgIpc) is 3.11. The third-order valence-corrected chi connectivity index (χ3v) is 2.91. The van der Waals surface area contributed by atoms with E-state index in [4.69, 9.17) is 4.74 Å². The van der Waals surface area contributed by atoms with Crippen molar-refractivity contribution in [2.75, 3.05) is 6.61 Å². The Morgan fingerprint density at radius 2 is 2.18 bits per heavy atom. The first-order valence-corrected chi connectivity index (χ1v) is 6.04. The average molecular weight is 236 g/mol.